The first-order valence-corrected chi connectivity index (χ1v) is 14.3. The molecule has 0 spiro atoms. The summed E-state index contributed by atoms with van der Waals surface area (Å²) in [5, 5.41) is 46.3. The van der Waals surface area contributed by atoms with Crippen molar-refractivity contribution in [3.05, 3.63) is 77.1 Å². The first kappa shape index (κ1) is 34.1. The predicted octanol–water partition coefficient (Wildman–Crippen LogP) is 2.20. The molecule has 1 aromatic carbocycles. The van der Waals surface area contributed by atoms with Gasteiger partial charge in [-0.05, 0) is 66.2 Å². The highest BCUT2D eigenvalue weighted by Gasteiger charge is 2.19. The lowest BCUT2D eigenvalue weighted by atomic mass is 10.0. The van der Waals surface area contributed by atoms with E-state index in [2.05, 4.69) is 47.5 Å². The minimum absolute atomic E-state index is 0.0393. The number of aromatic nitrogens is 5. The summed E-state index contributed by atoms with van der Waals surface area (Å²) >= 11 is 4.66. The fourth-order valence-corrected chi connectivity index (χ4v) is 4.78. The number of carbonyl (C=O) groups is 4. The third-order valence-electron chi connectivity index (χ3n) is 6.43. The molecule has 5 N–H and O–H groups in total. The van der Waals surface area contributed by atoms with Crippen LogP contribution in [0.25, 0.3) is 23.0 Å². The number of rotatable bonds is 17. The third-order valence-corrected chi connectivity index (χ3v) is 6.52. The Bertz CT molecular complexity index is 1790. The lowest BCUT2D eigenvalue weighted by molar-refractivity contribution is -0.144. The van der Waals surface area contributed by atoms with Gasteiger partial charge in [0, 0.05) is 13.1 Å². The molecule has 0 aliphatic heterocycles. The Labute approximate surface area is 272 Å². The molecule has 17 heteroatoms. The Morgan fingerprint density at radius 2 is 1.30 bits per heavy atom. The second-order valence-corrected chi connectivity index (χ2v) is 10.5. The van der Waals surface area contributed by atoms with Crippen LogP contribution < -0.4 is 0 Å². The molecule has 0 aliphatic carbocycles. The molecule has 0 saturated carbocycles. The highest BCUT2D eigenvalue weighted by atomic mass is 32.1. The highest BCUT2D eigenvalue weighted by Crippen LogP contribution is 2.23. The Morgan fingerprint density at radius 1 is 0.723 bits per heavy atom. The largest absolute Gasteiger partial charge is 0.480 e. The Hall–Kier alpha value is -5.74. The van der Waals surface area contributed by atoms with Gasteiger partial charge in [-0.15, -0.1) is 0 Å². The fraction of sp³-hybridized carbons (Fsp3) is 0.233. The van der Waals surface area contributed by atoms with Crippen molar-refractivity contribution in [3.8, 4) is 23.0 Å². The van der Waals surface area contributed by atoms with E-state index in [4.69, 9.17) is 10.2 Å². The smallest absolute Gasteiger partial charge is 0.317 e. The van der Waals surface area contributed by atoms with Crippen LogP contribution in [0.3, 0.4) is 0 Å². The van der Waals surface area contributed by atoms with Gasteiger partial charge in [0.1, 0.15) is 11.4 Å². The zero-order valence-corrected chi connectivity index (χ0v) is 25.4. The van der Waals surface area contributed by atoms with Crippen LogP contribution in [0.15, 0.2) is 59.6 Å². The summed E-state index contributed by atoms with van der Waals surface area (Å²) < 4.78 is 0. The van der Waals surface area contributed by atoms with Crippen LogP contribution >= 0.6 is 12.2 Å². The van der Waals surface area contributed by atoms with Crippen LogP contribution in [-0.2, 0) is 38.7 Å². The van der Waals surface area contributed by atoms with E-state index in [1.54, 1.807) is 42.5 Å². The zero-order chi connectivity index (χ0) is 33.9. The minimum atomic E-state index is -1.19. The van der Waals surface area contributed by atoms with Crippen LogP contribution in [0.4, 0.5) is 5.69 Å². The standard InChI is InChI=1S/C30H28N8O8S/c39-25(40)13-37(14-26(41)42)11-21-2-1-3-23(32-21)29-34-30(36-35-29)24-10-19(8-18-4-6-20(7-5-18)31-17-47)9-22(33-24)12-38(15-27(43)44)16-28(45)46/h1-7,9-10H,8,11-16H2,(H,39,40)(H,41,42)(H,43,44)(H,45,46)(H,34,35,36). The summed E-state index contributed by atoms with van der Waals surface area (Å²) in [6.07, 6.45) is 0.437. The molecule has 16 nitrogen and oxygen atoms in total. The molecular weight excluding hydrogens is 632 g/mol. The number of thiocarbonyl (C=S) groups is 1. The third kappa shape index (κ3) is 10.7. The van der Waals surface area contributed by atoms with E-state index in [1.807, 2.05) is 12.1 Å². The topological polar surface area (TPSA) is 235 Å². The second kappa shape index (κ2) is 16.0. The Balaban J connectivity index is 1.66. The van der Waals surface area contributed by atoms with Gasteiger partial charge in [0.25, 0.3) is 0 Å². The normalized spacial score (nSPS) is 10.9. The number of isothiocyanates is 1. The quantitative estimate of drug-likeness (QED) is 0.0806. The molecule has 0 radical (unpaired) electrons. The highest BCUT2D eigenvalue weighted by molar-refractivity contribution is 7.78. The van der Waals surface area contributed by atoms with Crippen molar-refractivity contribution in [1.29, 1.82) is 0 Å². The predicted molar refractivity (Wildman–Crippen MR) is 168 cm³/mol. The summed E-state index contributed by atoms with van der Waals surface area (Å²) in [5.41, 5.74) is 3.82. The summed E-state index contributed by atoms with van der Waals surface area (Å²) in [4.78, 5) is 65.3. The van der Waals surface area contributed by atoms with Crippen LogP contribution in [0.5, 0.6) is 0 Å². The number of hydrogen-bond donors (Lipinski definition) is 5. The molecule has 0 amide bonds. The van der Waals surface area contributed by atoms with Crippen LogP contribution in [0, 0.1) is 0 Å². The molecular formula is C30H28N8O8S. The van der Waals surface area contributed by atoms with E-state index in [-0.39, 0.29) is 24.7 Å². The van der Waals surface area contributed by atoms with Gasteiger partial charge in [0.2, 0.25) is 0 Å². The van der Waals surface area contributed by atoms with Crippen molar-refractivity contribution in [2.24, 2.45) is 4.99 Å². The van der Waals surface area contributed by atoms with Crippen molar-refractivity contribution < 1.29 is 39.6 Å². The molecule has 0 saturated heterocycles. The van der Waals surface area contributed by atoms with Crippen LogP contribution in [-0.4, -0.2) is 111 Å². The van der Waals surface area contributed by atoms with Gasteiger partial charge in [-0.25, -0.2) is 15.0 Å². The van der Waals surface area contributed by atoms with Crippen molar-refractivity contribution in [1.82, 2.24) is 34.9 Å². The van der Waals surface area contributed by atoms with Gasteiger partial charge < -0.3 is 20.4 Å². The number of carboxylic acids is 4. The Kier molecular flexibility index (Phi) is 11.6. The molecule has 47 heavy (non-hydrogen) atoms. The number of aliphatic carboxylic acids is 4. The summed E-state index contributed by atoms with van der Waals surface area (Å²) in [7, 11) is 0. The number of benzene rings is 1. The maximum atomic E-state index is 11.4. The van der Waals surface area contributed by atoms with Crippen molar-refractivity contribution in [2.75, 3.05) is 26.2 Å². The van der Waals surface area contributed by atoms with E-state index < -0.39 is 50.1 Å². The number of nitrogens with zero attached hydrogens (tertiary/aromatic N) is 7. The van der Waals surface area contributed by atoms with Gasteiger partial charge in [-0.1, -0.05) is 18.2 Å². The lowest BCUT2D eigenvalue weighted by Crippen LogP contribution is -2.34. The van der Waals surface area contributed by atoms with E-state index in [0.29, 0.717) is 34.9 Å². The average Bonchev–Trinajstić information content (AvgIpc) is 3.48. The first-order valence-electron chi connectivity index (χ1n) is 13.8. The molecule has 3 aromatic heterocycles. The van der Waals surface area contributed by atoms with Crippen molar-refractivity contribution >= 4 is 46.9 Å². The number of aromatic amines is 1. The number of nitrogens with one attached hydrogen (secondary N) is 1. The lowest BCUT2D eigenvalue weighted by Gasteiger charge is -2.18. The molecule has 0 aliphatic rings. The van der Waals surface area contributed by atoms with E-state index in [1.165, 1.54) is 9.80 Å². The molecule has 0 fully saturated rings. The number of pyridine rings is 2. The average molecular weight is 661 g/mol. The number of hydrogen-bond acceptors (Lipinski definition) is 12. The van der Waals surface area contributed by atoms with E-state index in [9.17, 15) is 29.4 Å². The zero-order valence-electron chi connectivity index (χ0n) is 24.6. The van der Waals surface area contributed by atoms with Crippen molar-refractivity contribution in [2.45, 2.75) is 19.5 Å². The SMILES string of the molecule is O=C(O)CN(CC(=O)O)Cc1cc(Cc2ccc(N=C=S)cc2)cc(-c2n[nH]c(-c3cccc(CN(CC(=O)O)CC(=O)O)n3)n2)n1. The summed E-state index contributed by atoms with van der Waals surface area (Å²) in [6.45, 7) is -2.13. The van der Waals surface area contributed by atoms with Crippen molar-refractivity contribution in [3.63, 3.8) is 0 Å². The molecule has 4 rings (SSSR count). The number of aliphatic imine (C=N–C) groups is 1. The molecule has 0 unspecified atom stereocenters. The second-order valence-electron chi connectivity index (χ2n) is 10.3. The van der Waals surface area contributed by atoms with Gasteiger partial charge in [0.15, 0.2) is 11.6 Å². The summed E-state index contributed by atoms with van der Waals surface area (Å²) in [6, 6.07) is 15.7. The molecule has 0 atom stereocenters. The monoisotopic (exact) mass is 660 g/mol. The van der Waals surface area contributed by atoms with Gasteiger partial charge in [-0.3, -0.25) is 34.1 Å². The molecule has 242 valence electrons. The number of H-pyrrole nitrogens is 1. The molecule has 0 bridgehead atoms. The van der Waals surface area contributed by atoms with E-state index >= 15 is 0 Å². The van der Waals surface area contributed by atoms with E-state index in [0.717, 1.165) is 11.1 Å². The summed E-state index contributed by atoms with van der Waals surface area (Å²) in [5.74, 6) is -4.30. The maximum Gasteiger partial charge on any atom is 0.317 e. The minimum Gasteiger partial charge on any atom is -0.480 e. The Morgan fingerprint density at radius 3 is 1.87 bits per heavy atom. The van der Waals surface area contributed by atoms with Gasteiger partial charge in [0.05, 0.1) is 48.4 Å². The van der Waals surface area contributed by atoms with Crippen LogP contribution in [0.2, 0.25) is 0 Å². The molecule has 3 heterocycles. The first-order chi connectivity index (χ1) is 22.5. The molecule has 4 aromatic rings. The van der Waals surface area contributed by atoms with Gasteiger partial charge >= 0.3 is 23.9 Å². The maximum absolute atomic E-state index is 11.4. The fourth-order valence-electron chi connectivity index (χ4n) is 4.67. The number of carboxylic acid groups (broad SMARTS) is 4. The van der Waals surface area contributed by atoms with Gasteiger partial charge in [-0.2, -0.15) is 10.1 Å². The van der Waals surface area contributed by atoms with Crippen LogP contribution in [0.1, 0.15) is 22.5 Å².